The summed E-state index contributed by atoms with van der Waals surface area (Å²) < 4.78 is 1.09. The Kier molecular flexibility index (Phi) is 4.44. The zero-order chi connectivity index (χ0) is 13.1. The number of rotatable bonds is 3. The van der Waals surface area contributed by atoms with E-state index in [1.807, 2.05) is 18.2 Å². The SMILES string of the molecule is CC1CCC(C(=O)O)C(Cc2ccccc2Br)C1. The molecule has 1 fully saturated rings. The van der Waals surface area contributed by atoms with Crippen molar-refractivity contribution in [1.82, 2.24) is 0 Å². The van der Waals surface area contributed by atoms with Gasteiger partial charge in [0, 0.05) is 4.47 Å². The van der Waals surface area contributed by atoms with Gasteiger partial charge in [0.05, 0.1) is 5.92 Å². The summed E-state index contributed by atoms with van der Waals surface area (Å²) in [6, 6.07) is 8.12. The lowest BCUT2D eigenvalue weighted by Gasteiger charge is -2.32. The summed E-state index contributed by atoms with van der Waals surface area (Å²) in [5, 5.41) is 9.33. The molecule has 2 rings (SSSR count). The molecule has 0 heterocycles. The Morgan fingerprint density at radius 3 is 2.78 bits per heavy atom. The Bertz CT molecular complexity index is 430. The second kappa shape index (κ2) is 5.87. The fourth-order valence-electron chi connectivity index (χ4n) is 3.00. The molecule has 1 aliphatic rings. The monoisotopic (exact) mass is 310 g/mol. The van der Waals surface area contributed by atoms with E-state index >= 15 is 0 Å². The van der Waals surface area contributed by atoms with Crippen LogP contribution in [0.25, 0.3) is 0 Å². The standard InChI is InChI=1S/C15H19BrO2/c1-10-6-7-13(15(17)18)12(8-10)9-11-4-2-3-5-14(11)16/h2-5,10,12-13H,6-9H2,1H3,(H,17,18). The molecule has 0 saturated heterocycles. The second-order valence-electron chi connectivity index (χ2n) is 5.42. The summed E-state index contributed by atoms with van der Waals surface area (Å²) in [4.78, 5) is 11.3. The molecule has 3 atom stereocenters. The molecular weight excluding hydrogens is 292 g/mol. The molecule has 0 spiro atoms. The third-order valence-electron chi connectivity index (χ3n) is 4.00. The molecule has 3 unspecified atom stereocenters. The molecule has 0 radical (unpaired) electrons. The van der Waals surface area contributed by atoms with E-state index in [9.17, 15) is 9.90 Å². The smallest absolute Gasteiger partial charge is 0.306 e. The van der Waals surface area contributed by atoms with Gasteiger partial charge < -0.3 is 5.11 Å². The number of benzene rings is 1. The highest BCUT2D eigenvalue weighted by molar-refractivity contribution is 9.10. The van der Waals surface area contributed by atoms with Crippen molar-refractivity contribution in [3.05, 3.63) is 34.3 Å². The van der Waals surface area contributed by atoms with Gasteiger partial charge in [-0.1, -0.05) is 41.1 Å². The molecule has 0 bridgehead atoms. The van der Waals surface area contributed by atoms with Gasteiger partial charge in [-0.25, -0.2) is 0 Å². The van der Waals surface area contributed by atoms with Gasteiger partial charge >= 0.3 is 5.97 Å². The molecule has 0 aliphatic heterocycles. The van der Waals surface area contributed by atoms with Crippen LogP contribution in [0.3, 0.4) is 0 Å². The van der Waals surface area contributed by atoms with Crippen LogP contribution in [0.5, 0.6) is 0 Å². The van der Waals surface area contributed by atoms with Crippen molar-refractivity contribution in [2.75, 3.05) is 0 Å². The first kappa shape index (κ1) is 13.6. The van der Waals surface area contributed by atoms with Crippen LogP contribution in [0.1, 0.15) is 31.7 Å². The van der Waals surface area contributed by atoms with E-state index in [0.717, 1.165) is 30.2 Å². The molecule has 2 nitrogen and oxygen atoms in total. The number of carboxylic acids is 1. The zero-order valence-corrected chi connectivity index (χ0v) is 12.2. The molecular formula is C15H19BrO2. The Morgan fingerprint density at radius 2 is 2.11 bits per heavy atom. The molecule has 1 aromatic carbocycles. The Morgan fingerprint density at radius 1 is 1.39 bits per heavy atom. The van der Waals surface area contributed by atoms with Crippen molar-refractivity contribution in [2.45, 2.75) is 32.6 Å². The maximum atomic E-state index is 11.3. The highest BCUT2D eigenvalue weighted by Gasteiger charge is 2.33. The fraction of sp³-hybridized carbons (Fsp3) is 0.533. The largest absolute Gasteiger partial charge is 0.481 e. The first-order chi connectivity index (χ1) is 8.58. The van der Waals surface area contributed by atoms with Gasteiger partial charge in [0.2, 0.25) is 0 Å². The number of aliphatic carboxylic acids is 1. The van der Waals surface area contributed by atoms with Crippen molar-refractivity contribution in [3.8, 4) is 0 Å². The van der Waals surface area contributed by atoms with Gasteiger partial charge in [0.1, 0.15) is 0 Å². The summed E-state index contributed by atoms with van der Waals surface area (Å²) in [5.74, 6) is 0.116. The van der Waals surface area contributed by atoms with Crippen molar-refractivity contribution in [3.63, 3.8) is 0 Å². The summed E-state index contributed by atoms with van der Waals surface area (Å²) >= 11 is 3.55. The van der Waals surface area contributed by atoms with E-state index in [2.05, 4.69) is 28.9 Å². The predicted octanol–water partition coefficient (Wildman–Crippen LogP) is 4.13. The minimum Gasteiger partial charge on any atom is -0.481 e. The van der Waals surface area contributed by atoms with E-state index in [1.165, 1.54) is 5.56 Å². The summed E-state index contributed by atoms with van der Waals surface area (Å²) in [5.41, 5.74) is 1.22. The maximum Gasteiger partial charge on any atom is 0.306 e. The Hall–Kier alpha value is -0.830. The Balaban J connectivity index is 2.14. The minimum absolute atomic E-state index is 0.173. The topological polar surface area (TPSA) is 37.3 Å². The zero-order valence-electron chi connectivity index (χ0n) is 10.6. The first-order valence-corrected chi connectivity index (χ1v) is 7.33. The van der Waals surface area contributed by atoms with Crippen molar-refractivity contribution < 1.29 is 9.90 Å². The molecule has 0 amide bonds. The number of halogens is 1. The van der Waals surface area contributed by atoms with Crippen LogP contribution >= 0.6 is 15.9 Å². The second-order valence-corrected chi connectivity index (χ2v) is 6.27. The Labute approximate surface area is 117 Å². The quantitative estimate of drug-likeness (QED) is 0.911. The average molecular weight is 311 g/mol. The van der Waals surface area contributed by atoms with Crippen LogP contribution < -0.4 is 0 Å². The van der Waals surface area contributed by atoms with E-state index in [0.29, 0.717) is 5.92 Å². The van der Waals surface area contributed by atoms with Crippen LogP contribution in [0.15, 0.2) is 28.7 Å². The normalized spacial score (nSPS) is 28.0. The van der Waals surface area contributed by atoms with Gasteiger partial charge in [-0.2, -0.15) is 0 Å². The van der Waals surface area contributed by atoms with Crippen LogP contribution in [0.4, 0.5) is 0 Å². The number of hydrogen-bond donors (Lipinski definition) is 1. The van der Waals surface area contributed by atoms with Crippen LogP contribution in [0.2, 0.25) is 0 Å². The molecule has 98 valence electrons. The molecule has 3 heteroatoms. The third-order valence-corrected chi connectivity index (χ3v) is 4.78. The van der Waals surface area contributed by atoms with Crippen molar-refractivity contribution in [2.24, 2.45) is 17.8 Å². The fourth-order valence-corrected chi connectivity index (χ4v) is 3.44. The van der Waals surface area contributed by atoms with Gasteiger partial charge in [-0.15, -0.1) is 0 Å². The third kappa shape index (κ3) is 3.14. The minimum atomic E-state index is -0.626. The highest BCUT2D eigenvalue weighted by atomic mass is 79.9. The van der Waals surface area contributed by atoms with Crippen molar-refractivity contribution >= 4 is 21.9 Å². The summed E-state index contributed by atoms with van der Waals surface area (Å²) in [6.07, 6.45) is 3.76. The summed E-state index contributed by atoms with van der Waals surface area (Å²) in [6.45, 7) is 2.23. The van der Waals surface area contributed by atoms with E-state index < -0.39 is 5.97 Å². The van der Waals surface area contributed by atoms with E-state index in [1.54, 1.807) is 0 Å². The molecule has 1 N–H and O–H groups in total. The lowest BCUT2D eigenvalue weighted by Crippen LogP contribution is -2.31. The van der Waals surface area contributed by atoms with Gasteiger partial charge in [0.25, 0.3) is 0 Å². The first-order valence-electron chi connectivity index (χ1n) is 6.54. The maximum absolute atomic E-state index is 11.3. The number of hydrogen-bond acceptors (Lipinski definition) is 1. The lowest BCUT2D eigenvalue weighted by molar-refractivity contribution is -0.145. The van der Waals surface area contributed by atoms with Gasteiger partial charge in [-0.3, -0.25) is 4.79 Å². The molecule has 0 aromatic heterocycles. The van der Waals surface area contributed by atoms with Crippen molar-refractivity contribution in [1.29, 1.82) is 0 Å². The lowest BCUT2D eigenvalue weighted by atomic mass is 9.72. The highest BCUT2D eigenvalue weighted by Crippen LogP contribution is 2.37. The molecule has 1 aromatic rings. The predicted molar refractivity (Wildman–Crippen MR) is 75.5 cm³/mol. The van der Waals surface area contributed by atoms with E-state index in [-0.39, 0.29) is 11.8 Å². The van der Waals surface area contributed by atoms with Gasteiger partial charge in [0.15, 0.2) is 0 Å². The van der Waals surface area contributed by atoms with E-state index in [4.69, 9.17) is 0 Å². The number of carboxylic acid groups (broad SMARTS) is 1. The van der Waals surface area contributed by atoms with Crippen LogP contribution in [-0.4, -0.2) is 11.1 Å². The van der Waals surface area contributed by atoms with Gasteiger partial charge in [-0.05, 0) is 49.1 Å². The number of carbonyl (C=O) groups is 1. The molecule has 1 saturated carbocycles. The molecule has 18 heavy (non-hydrogen) atoms. The molecule has 1 aliphatic carbocycles. The van der Waals surface area contributed by atoms with Crippen LogP contribution in [-0.2, 0) is 11.2 Å². The van der Waals surface area contributed by atoms with Crippen LogP contribution in [0, 0.1) is 17.8 Å². The summed E-state index contributed by atoms with van der Waals surface area (Å²) in [7, 11) is 0. The average Bonchev–Trinajstić information content (AvgIpc) is 2.32.